The lowest BCUT2D eigenvalue weighted by Gasteiger charge is -2.44. The van der Waals surface area contributed by atoms with Crippen molar-refractivity contribution >= 4 is 14.5 Å². The Morgan fingerprint density at radius 1 is 0.952 bits per heavy atom. The highest BCUT2D eigenvalue weighted by molar-refractivity contribution is 6.76. The summed E-state index contributed by atoms with van der Waals surface area (Å²) >= 11 is 0. The predicted molar refractivity (Wildman–Crippen MR) is 86.2 cm³/mol. The zero-order valence-electron chi connectivity index (χ0n) is 14.1. The fourth-order valence-electron chi connectivity index (χ4n) is 3.25. The van der Waals surface area contributed by atoms with Gasteiger partial charge in [-0.25, -0.2) is 4.79 Å². The maximum Gasteiger partial charge on any atom is 0.413 e. The highest BCUT2D eigenvalue weighted by atomic mass is 28.4. The molecule has 1 atom stereocenters. The summed E-state index contributed by atoms with van der Waals surface area (Å²) in [6.07, 6.45) is 0. The van der Waals surface area contributed by atoms with Gasteiger partial charge in [0.05, 0.1) is 0 Å². The van der Waals surface area contributed by atoms with Crippen LogP contribution in [0.4, 0.5) is 0 Å². The molecule has 4 heteroatoms. The average Bonchev–Trinajstić information content (AvgIpc) is 2.65. The van der Waals surface area contributed by atoms with E-state index in [4.69, 9.17) is 8.85 Å². The first kappa shape index (κ1) is 16.2. The lowest BCUT2D eigenvalue weighted by molar-refractivity contribution is -0.142. The Hall–Kier alpha value is -1.13. The number of carbonyl (C=O) groups excluding carboxylic acids is 1. The molecule has 2 rings (SSSR count). The number of benzene rings is 1. The van der Waals surface area contributed by atoms with E-state index >= 15 is 0 Å². The minimum absolute atomic E-state index is 0.201. The van der Waals surface area contributed by atoms with E-state index in [0.717, 1.165) is 5.56 Å². The molecule has 0 radical (unpaired) electrons. The maximum absolute atomic E-state index is 12.7. The van der Waals surface area contributed by atoms with Crippen molar-refractivity contribution in [3.63, 3.8) is 0 Å². The fourth-order valence-corrected chi connectivity index (χ4v) is 8.00. The summed E-state index contributed by atoms with van der Waals surface area (Å²) < 4.78 is 12.6. The average molecular weight is 306 g/mol. The fraction of sp³-hybridized carbons (Fsp3) is 0.588. The van der Waals surface area contributed by atoms with Crippen LogP contribution in [0.5, 0.6) is 0 Å². The predicted octanol–water partition coefficient (Wildman–Crippen LogP) is 4.52. The van der Waals surface area contributed by atoms with Crippen molar-refractivity contribution in [2.75, 3.05) is 0 Å². The molecule has 21 heavy (non-hydrogen) atoms. The van der Waals surface area contributed by atoms with Crippen molar-refractivity contribution in [3.05, 3.63) is 35.9 Å². The summed E-state index contributed by atoms with van der Waals surface area (Å²) in [5, 5.41) is -0.402. The second-order valence-corrected chi connectivity index (χ2v) is 12.6. The van der Waals surface area contributed by atoms with E-state index in [1.165, 1.54) is 0 Å². The number of rotatable bonds is 1. The highest BCUT2D eigenvalue weighted by Crippen LogP contribution is 2.58. The second kappa shape index (κ2) is 4.68. The van der Waals surface area contributed by atoms with Crippen molar-refractivity contribution in [2.45, 2.75) is 64.1 Å². The van der Waals surface area contributed by atoms with Gasteiger partial charge < -0.3 is 8.85 Å². The molecule has 3 nitrogen and oxygen atoms in total. The van der Waals surface area contributed by atoms with Gasteiger partial charge in [-0.05, 0) is 12.5 Å². The largest absolute Gasteiger partial charge is 0.491 e. The van der Waals surface area contributed by atoms with Crippen LogP contribution in [-0.2, 0) is 19.2 Å². The lowest BCUT2D eigenvalue weighted by Crippen LogP contribution is -2.54. The summed E-state index contributed by atoms with van der Waals surface area (Å²) in [5.41, 5.74) is -0.147. The zero-order chi connectivity index (χ0) is 16.1. The quantitative estimate of drug-likeness (QED) is 0.716. The Kier molecular flexibility index (Phi) is 3.62. The molecular weight excluding hydrogens is 280 g/mol. The molecule has 0 spiro atoms. The summed E-state index contributed by atoms with van der Waals surface area (Å²) in [7, 11) is -2.77. The Labute approximate surface area is 128 Å². The van der Waals surface area contributed by atoms with Crippen LogP contribution in [0, 0.1) is 0 Å². The molecular formula is C17H26O3Si. The molecule has 1 aromatic rings. The molecule has 0 aliphatic carbocycles. The summed E-state index contributed by atoms with van der Waals surface area (Å²) in [6.45, 7) is 14.5. The topological polar surface area (TPSA) is 35.5 Å². The smallest absolute Gasteiger partial charge is 0.413 e. The SMILES string of the molecule is CC1(c2ccccc2)O[Si](C(C)(C)C)(C(C)(C)C)OC1=O. The van der Waals surface area contributed by atoms with Gasteiger partial charge in [0.25, 0.3) is 0 Å². The van der Waals surface area contributed by atoms with Crippen LogP contribution < -0.4 is 0 Å². The third-order valence-electron chi connectivity index (χ3n) is 4.27. The zero-order valence-corrected chi connectivity index (χ0v) is 15.1. The van der Waals surface area contributed by atoms with Crippen molar-refractivity contribution < 1.29 is 13.6 Å². The number of carbonyl (C=O) groups is 1. The molecule has 1 saturated heterocycles. The van der Waals surface area contributed by atoms with Gasteiger partial charge in [0.15, 0.2) is 5.60 Å². The van der Waals surface area contributed by atoms with E-state index in [1.54, 1.807) is 0 Å². The van der Waals surface area contributed by atoms with E-state index in [9.17, 15) is 4.79 Å². The first-order valence-electron chi connectivity index (χ1n) is 7.43. The third-order valence-corrected chi connectivity index (χ3v) is 9.39. The Balaban J connectivity index is 2.55. The van der Waals surface area contributed by atoms with Gasteiger partial charge >= 0.3 is 14.5 Å². The molecule has 1 aliphatic rings. The number of hydrogen-bond acceptors (Lipinski definition) is 3. The molecule has 0 saturated carbocycles. The molecule has 1 aliphatic heterocycles. The Morgan fingerprint density at radius 2 is 1.43 bits per heavy atom. The maximum atomic E-state index is 12.7. The van der Waals surface area contributed by atoms with Gasteiger partial charge in [-0.3, -0.25) is 0 Å². The number of hydrogen-bond donors (Lipinski definition) is 0. The third kappa shape index (κ3) is 2.34. The molecule has 116 valence electrons. The first-order chi connectivity index (χ1) is 9.44. The molecule has 0 amide bonds. The summed E-state index contributed by atoms with van der Waals surface area (Å²) in [5.74, 6) is -0.259. The van der Waals surface area contributed by atoms with Gasteiger partial charge in [0, 0.05) is 10.1 Å². The van der Waals surface area contributed by atoms with Gasteiger partial charge in [-0.15, -0.1) is 0 Å². The molecule has 1 fully saturated rings. The monoisotopic (exact) mass is 306 g/mol. The van der Waals surface area contributed by atoms with Crippen LogP contribution in [0.15, 0.2) is 30.3 Å². The van der Waals surface area contributed by atoms with Crippen LogP contribution in [0.1, 0.15) is 54.0 Å². The van der Waals surface area contributed by atoms with Crippen LogP contribution in [0.3, 0.4) is 0 Å². The van der Waals surface area contributed by atoms with Crippen molar-refractivity contribution in [1.29, 1.82) is 0 Å². The lowest BCUT2D eigenvalue weighted by atomic mass is 9.97. The summed E-state index contributed by atoms with van der Waals surface area (Å²) in [6, 6.07) is 9.64. The molecule has 0 bridgehead atoms. The van der Waals surface area contributed by atoms with Crippen LogP contribution in [-0.4, -0.2) is 14.5 Å². The first-order valence-corrected chi connectivity index (χ1v) is 9.25. The molecule has 1 unspecified atom stereocenters. The minimum Gasteiger partial charge on any atom is -0.491 e. The molecule has 0 aromatic heterocycles. The van der Waals surface area contributed by atoms with Gasteiger partial charge in [-0.2, -0.15) is 0 Å². The van der Waals surface area contributed by atoms with E-state index in [0.29, 0.717) is 0 Å². The molecule has 1 heterocycles. The van der Waals surface area contributed by atoms with Gasteiger partial charge in [0.2, 0.25) is 0 Å². The van der Waals surface area contributed by atoms with Gasteiger partial charge in [-0.1, -0.05) is 71.9 Å². The molecule has 0 N–H and O–H groups in total. The molecule has 1 aromatic carbocycles. The van der Waals surface area contributed by atoms with E-state index in [-0.39, 0.29) is 16.0 Å². The van der Waals surface area contributed by atoms with Gasteiger partial charge in [0.1, 0.15) is 0 Å². The van der Waals surface area contributed by atoms with E-state index in [1.807, 2.05) is 37.3 Å². The normalized spacial score (nSPS) is 25.8. The Bertz CT molecular complexity index is 525. The highest BCUT2D eigenvalue weighted by Gasteiger charge is 2.69. The van der Waals surface area contributed by atoms with E-state index in [2.05, 4.69) is 41.5 Å². The standard InChI is InChI=1S/C17H26O3Si/c1-15(2,3)21(16(4,5)6)19-14(18)17(7,20-21)13-11-9-8-10-12-13/h8-12H,1-7H3. The van der Waals surface area contributed by atoms with Crippen LogP contribution >= 0.6 is 0 Å². The summed E-state index contributed by atoms with van der Waals surface area (Å²) in [4.78, 5) is 12.7. The minimum atomic E-state index is -2.77. The van der Waals surface area contributed by atoms with Crippen molar-refractivity contribution in [1.82, 2.24) is 0 Å². The van der Waals surface area contributed by atoms with E-state index < -0.39 is 14.2 Å². The van der Waals surface area contributed by atoms with Crippen molar-refractivity contribution in [2.24, 2.45) is 0 Å². The second-order valence-electron chi connectivity index (χ2n) is 8.01. The van der Waals surface area contributed by atoms with Crippen molar-refractivity contribution in [3.8, 4) is 0 Å². The van der Waals surface area contributed by atoms with Crippen LogP contribution in [0.2, 0.25) is 10.1 Å². The van der Waals surface area contributed by atoms with Crippen LogP contribution in [0.25, 0.3) is 0 Å². The Morgan fingerprint density at radius 3 is 1.81 bits per heavy atom.